The maximum atomic E-state index is 12.7. The van der Waals surface area contributed by atoms with Crippen molar-refractivity contribution in [2.75, 3.05) is 32.5 Å². The highest BCUT2D eigenvalue weighted by Gasteiger charge is 2.27. The smallest absolute Gasteiger partial charge is 0.266 e. The van der Waals surface area contributed by atoms with Crippen LogP contribution < -0.4 is 5.73 Å². The third-order valence-corrected chi connectivity index (χ3v) is 5.02. The predicted octanol–water partition coefficient (Wildman–Crippen LogP) is 2.38. The summed E-state index contributed by atoms with van der Waals surface area (Å²) in [6.07, 6.45) is 3.85. The number of methoxy groups -OCH3 is 1. The van der Waals surface area contributed by atoms with E-state index in [2.05, 4.69) is 4.98 Å². The Morgan fingerprint density at radius 3 is 3.24 bits per heavy atom. The predicted molar refractivity (Wildman–Crippen MR) is 84.5 cm³/mol. The minimum Gasteiger partial charge on any atom is -0.397 e. The summed E-state index contributed by atoms with van der Waals surface area (Å²) in [4.78, 5) is 20.3. The molecule has 2 N–H and O–H groups in total. The van der Waals surface area contributed by atoms with Crippen molar-refractivity contribution in [3.05, 3.63) is 23.2 Å². The van der Waals surface area contributed by atoms with E-state index in [1.54, 1.807) is 13.3 Å². The lowest BCUT2D eigenvalue weighted by atomic mass is 9.99. The highest BCUT2D eigenvalue weighted by Crippen LogP contribution is 2.33. The van der Waals surface area contributed by atoms with Gasteiger partial charge in [-0.2, -0.15) is 0 Å². The zero-order valence-electron chi connectivity index (χ0n) is 12.0. The second kappa shape index (κ2) is 5.99. The fraction of sp³-hybridized carbons (Fsp3) is 0.467. The normalized spacial score (nSPS) is 19.1. The van der Waals surface area contributed by atoms with Crippen molar-refractivity contribution >= 4 is 33.1 Å². The van der Waals surface area contributed by atoms with Gasteiger partial charge in [0.05, 0.1) is 12.3 Å². The number of nitrogen functional groups attached to an aromatic ring is 1. The monoisotopic (exact) mass is 305 g/mol. The van der Waals surface area contributed by atoms with Gasteiger partial charge in [0.1, 0.15) is 9.71 Å². The number of rotatable bonds is 3. The standard InChI is InChI=1S/C15H19N3O2S/c1-20-9-10-4-3-7-18(8-10)15(19)13-12(16)11-5-2-6-17-14(11)21-13/h2,5-6,10H,3-4,7-9,16H2,1H3. The fourth-order valence-corrected chi connectivity index (χ4v) is 3.91. The van der Waals surface area contributed by atoms with Gasteiger partial charge in [-0.15, -0.1) is 11.3 Å². The van der Waals surface area contributed by atoms with Crippen LogP contribution in [0.4, 0.5) is 5.69 Å². The molecule has 1 aliphatic heterocycles. The molecule has 3 rings (SSSR count). The van der Waals surface area contributed by atoms with Crippen LogP contribution in [-0.2, 0) is 4.74 Å². The zero-order chi connectivity index (χ0) is 14.8. The van der Waals surface area contributed by atoms with E-state index < -0.39 is 0 Å². The molecule has 0 saturated carbocycles. The van der Waals surface area contributed by atoms with Crippen LogP contribution in [-0.4, -0.2) is 42.6 Å². The molecule has 0 aliphatic carbocycles. The number of hydrogen-bond acceptors (Lipinski definition) is 5. The molecule has 0 aromatic carbocycles. The van der Waals surface area contributed by atoms with E-state index in [0.717, 1.165) is 36.1 Å². The van der Waals surface area contributed by atoms with Gasteiger partial charge in [-0.25, -0.2) is 4.98 Å². The average Bonchev–Trinajstić information content (AvgIpc) is 2.85. The largest absolute Gasteiger partial charge is 0.397 e. The Hall–Kier alpha value is -1.66. The number of hydrogen-bond donors (Lipinski definition) is 1. The molecule has 0 spiro atoms. The molecule has 0 radical (unpaired) electrons. The Kier molecular flexibility index (Phi) is 4.07. The van der Waals surface area contributed by atoms with E-state index in [0.29, 0.717) is 23.1 Å². The second-order valence-electron chi connectivity index (χ2n) is 5.42. The van der Waals surface area contributed by atoms with Crippen LogP contribution in [0.3, 0.4) is 0 Å². The molecule has 112 valence electrons. The first-order valence-electron chi connectivity index (χ1n) is 7.12. The number of nitrogens with two attached hydrogens (primary N) is 1. The number of amides is 1. The number of ether oxygens (including phenoxy) is 1. The van der Waals surface area contributed by atoms with Crippen molar-refractivity contribution < 1.29 is 9.53 Å². The molecular weight excluding hydrogens is 286 g/mol. The number of nitrogens with zero attached hydrogens (tertiary/aromatic N) is 2. The zero-order valence-corrected chi connectivity index (χ0v) is 12.9. The number of aromatic nitrogens is 1. The van der Waals surface area contributed by atoms with Crippen LogP contribution in [0, 0.1) is 5.92 Å². The van der Waals surface area contributed by atoms with Gasteiger partial charge in [-0.3, -0.25) is 4.79 Å². The number of carbonyl (C=O) groups is 1. The lowest BCUT2D eigenvalue weighted by Crippen LogP contribution is -2.41. The molecule has 2 aromatic rings. The summed E-state index contributed by atoms with van der Waals surface area (Å²) in [6.45, 7) is 2.24. The first-order valence-corrected chi connectivity index (χ1v) is 7.93. The van der Waals surface area contributed by atoms with Crippen molar-refractivity contribution in [3.8, 4) is 0 Å². The van der Waals surface area contributed by atoms with Gasteiger partial charge in [0, 0.05) is 31.8 Å². The molecule has 5 nitrogen and oxygen atoms in total. The van der Waals surface area contributed by atoms with Crippen LogP contribution >= 0.6 is 11.3 Å². The number of thiophene rings is 1. The SMILES string of the molecule is COCC1CCCN(C(=O)c2sc3ncccc3c2N)C1. The minimum absolute atomic E-state index is 0.0244. The summed E-state index contributed by atoms with van der Waals surface area (Å²) >= 11 is 1.38. The van der Waals surface area contributed by atoms with E-state index in [4.69, 9.17) is 10.5 Å². The number of carbonyl (C=O) groups excluding carboxylic acids is 1. The van der Waals surface area contributed by atoms with Crippen molar-refractivity contribution in [1.82, 2.24) is 9.88 Å². The quantitative estimate of drug-likeness (QED) is 0.945. The molecule has 0 bridgehead atoms. The number of fused-ring (bicyclic) bond motifs is 1. The maximum Gasteiger partial charge on any atom is 0.266 e. The van der Waals surface area contributed by atoms with Gasteiger partial charge in [-0.1, -0.05) is 0 Å². The van der Waals surface area contributed by atoms with Crippen LogP contribution in [0.5, 0.6) is 0 Å². The first kappa shape index (κ1) is 14.3. The summed E-state index contributed by atoms with van der Waals surface area (Å²) in [5.74, 6) is 0.442. The minimum atomic E-state index is 0.0244. The first-order chi connectivity index (χ1) is 10.2. The van der Waals surface area contributed by atoms with Crippen LogP contribution in [0.25, 0.3) is 10.2 Å². The molecule has 1 aliphatic rings. The summed E-state index contributed by atoms with van der Waals surface area (Å²) in [5, 5.41) is 0.872. The van der Waals surface area contributed by atoms with Crippen molar-refractivity contribution in [2.45, 2.75) is 12.8 Å². The van der Waals surface area contributed by atoms with E-state index >= 15 is 0 Å². The number of piperidine rings is 1. The van der Waals surface area contributed by atoms with Crippen molar-refractivity contribution in [1.29, 1.82) is 0 Å². The molecule has 1 atom stereocenters. The second-order valence-corrected chi connectivity index (χ2v) is 6.41. The van der Waals surface area contributed by atoms with E-state index in [-0.39, 0.29) is 5.91 Å². The highest BCUT2D eigenvalue weighted by atomic mass is 32.1. The third-order valence-electron chi connectivity index (χ3n) is 3.91. The van der Waals surface area contributed by atoms with E-state index in [9.17, 15) is 4.79 Å². The summed E-state index contributed by atoms with van der Waals surface area (Å²) in [7, 11) is 1.70. The summed E-state index contributed by atoms with van der Waals surface area (Å²) in [6, 6.07) is 3.75. The van der Waals surface area contributed by atoms with Crippen molar-refractivity contribution in [3.63, 3.8) is 0 Å². The molecule has 21 heavy (non-hydrogen) atoms. The Bertz CT molecular complexity index is 653. The molecule has 2 aromatic heterocycles. The van der Waals surface area contributed by atoms with Gasteiger partial charge < -0.3 is 15.4 Å². The van der Waals surface area contributed by atoms with Crippen LogP contribution in [0.15, 0.2) is 18.3 Å². The number of anilines is 1. The molecule has 1 saturated heterocycles. The Labute approximate surface area is 127 Å². The van der Waals surface area contributed by atoms with E-state index in [1.165, 1.54) is 11.3 Å². The third kappa shape index (κ3) is 2.73. The average molecular weight is 305 g/mol. The molecular formula is C15H19N3O2S. The fourth-order valence-electron chi connectivity index (χ4n) is 2.87. The van der Waals surface area contributed by atoms with E-state index in [1.807, 2.05) is 17.0 Å². The van der Waals surface area contributed by atoms with Gasteiger partial charge in [0.2, 0.25) is 0 Å². The van der Waals surface area contributed by atoms with Gasteiger partial charge >= 0.3 is 0 Å². The Morgan fingerprint density at radius 1 is 1.62 bits per heavy atom. The maximum absolute atomic E-state index is 12.7. The van der Waals surface area contributed by atoms with Gasteiger partial charge in [0.25, 0.3) is 5.91 Å². The lowest BCUT2D eigenvalue weighted by Gasteiger charge is -2.32. The molecule has 3 heterocycles. The number of pyridine rings is 1. The Balaban J connectivity index is 1.84. The van der Waals surface area contributed by atoms with Crippen LogP contribution in [0.1, 0.15) is 22.5 Å². The molecule has 1 amide bonds. The summed E-state index contributed by atoms with van der Waals surface area (Å²) in [5.41, 5.74) is 6.70. The molecule has 1 fully saturated rings. The highest BCUT2D eigenvalue weighted by molar-refractivity contribution is 7.21. The van der Waals surface area contributed by atoms with Crippen LogP contribution in [0.2, 0.25) is 0 Å². The topological polar surface area (TPSA) is 68.5 Å². The lowest BCUT2D eigenvalue weighted by molar-refractivity contribution is 0.0576. The Morgan fingerprint density at radius 2 is 2.48 bits per heavy atom. The number of likely N-dealkylation sites (tertiary alicyclic amines) is 1. The van der Waals surface area contributed by atoms with Crippen molar-refractivity contribution in [2.24, 2.45) is 5.92 Å². The summed E-state index contributed by atoms with van der Waals surface area (Å²) < 4.78 is 5.22. The molecule has 6 heteroatoms. The van der Waals surface area contributed by atoms with Gasteiger partial charge in [-0.05, 0) is 30.9 Å². The molecule has 1 unspecified atom stereocenters. The van der Waals surface area contributed by atoms with Gasteiger partial charge in [0.15, 0.2) is 0 Å².